The van der Waals surface area contributed by atoms with Crippen molar-refractivity contribution in [1.29, 1.82) is 0 Å². The molecule has 2 saturated heterocycles. The molecule has 0 spiro atoms. The fourth-order valence-corrected chi connectivity index (χ4v) is 4.38. The number of aryl methyl sites for hydroxylation is 1. The predicted octanol–water partition coefficient (Wildman–Crippen LogP) is 3.32. The van der Waals surface area contributed by atoms with Gasteiger partial charge in [-0.1, -0.05) is 6.07 Å². The number of ether oxygens (including phenoxy) is 1. The summed E-state index contributed by atoms with van der Waals surface area (Å²) < 4.78 is 5.83. The van der Waals surface area contributed by atoms with E-state index in [0.717, 1.165) is 45.2 Å². The predicted molar refractivity (Wildman–Crippen MR) is 114 cm³/mol. The molecule has 0 radical (unpaired) electrons. The summed E-state index contributed by atoms with van der Waals surface area (Å²) in [6, 6.07) is 11.8. The van der Waals surface area contributed by atoms with E-state index in [1.54, 1.807) is 0 Å². The molecule has 158 valence electrons. The molecular weight excluding hydrogens is 378 g/mol. The number of nitrogens with zero attached hydrogens (tertiary/aromatic N) is 3. The van der Waals surface area contributed by atoms with E-state index in [0.29, 0.717) is 30.9 Å². The molecule has 0 unspecified atom stereocenters. The lowest BCUT2D eigenvalue weighted by atomic mass is 10.0. The van der Waals surface area contributed by atoms with E-state index in [4.69, 9.17) is 4.74 Å². The summed E-state index contributed by atoms with van der Waals surface area (Å²) in [4.78, 5) is 32.8. The number of hydrogen-bond donors (Lipinski definition) is 0. The van der Waals surface area contributed by atoms with Gasteiger partial charge in [-0.2, -0.15) is 0 Å². The smallest absolute Gasteiger partial charge is 0.254 e. The van der Waals surface area contributed by atoms with Gasteiger partial charge < -0.3 is 14.5 Å². The highest BCUT2D eigenvalue weighted by atomic mass is 16.5. The molecule has 3 heterocycles. The quantitative estimate of drug-likeness (QED) is 0.673. The number of amides is 2. The van der Waals surface area contributed by atoms with Gasteiger partial charge in [-0.15, -0.1) is 0 Å². The number of likely N-dealkylation sites (tertiary alicyclic amines) is 2. The molecule has 6 nitrogen and oxygen atoms in total. The Morgan fingerprint density at radius 3 is 2.80 bits per heavy atom. The fraction of sp³-hybridized carbons (Fsp3) is 0.458. The van der Waals surface area contributed by atoms with Crippen LogP contribution in [0.1, 0.15) is 48.0 Å². The van der Waals surface area contributed by atoms with Crippen molar-refractivity contribution in [2.24, 2.45) is 0 Å². The van der Waals surface area contributed by atoms with E-state index >= 15 is 0 Å². The van der Waals surface area contributed by atoms with E-state index in [-0.39, 0.29) is 17.9 Å². The van der Waals surface area contributed by atoms with Crippen molar-refractivity contribution in [2.45, 2.75) is 44.6 Å². The number of hydrogen-bond acceptors (Lipinski definition) is 4. The maximum Gasteiger partial charge on any atom is 0.254 e. The van der Waals surface area contributed by atoms with Crippen molar-refractivity contribution in [3.8, 4) is 5.75 Å². The molecule has 0 saturated carbocycles. The van der Waals surface area contributed by atoms with E-state index in [9.17, 15) is 9.59 Å². The zero-order valence-electron chi connectivity index (χ0n) is 17.3. The minimum atomic E-state index is 0.0763. The molecular formula is C24H29N3O3. The van der Waals surface area contributed by atoms with Crippen LogP contribution in [0.3, 0.4) is 0 Å². The summed E-state index contributed by atoms with van der Waals surface area (Å²) in [5.41, 5.74) is 1.93. The highest BCUT2D eigenvalue weighted by Crippen LogP contribution is 2.25. The molecule has 0 bridgehead atoms. The first-order chi connectivity index (χ1) is 14.7. The van der Waals surface area contributed by atoms with Crippen LogP contribution in [0, 0.1) is 0 Å². The highest BCUT2D eigenvalue weighted by molar-refractivity contribution is 5.95. The van der Waals surface area contributed by atoms with Gasteiger partial charge in [0.15, 0.2) is 0 Å². The Balaban J connectivity index is 1.32. The molecule has 1 aromatic carbocycles. The van der Waals surface area contributed by atoms with Gasteiger partial charge in [0.25, 0.3) is 5.91 Å². The molecule has 6 heteroatoms. The summed E-state index contributed by atoms with van der Waals surface area (Å²) in [6.45, 7) is 2.67. The van der Waals surface area contributed by atoms with Gasteiger partial charge >= 0.3 is 0 Å². The number of carbonyl (C=O) groups excluding carboxylic acids is 2. The van der Waals surface area contributed by atoms with Crippen LogP contribution in [0.4, 0.5) is 0 Å². The van der Waals surface area contributed by atoms with Gasteiger partial charge in [0.1, 0.15) is 12.4 Å². The normalized spacial score (nSPS) is 18.8. The summed E-state index contributed by atoms with van der Waals surface area (Å²) in [6.07, 6.45) is 9.23. The van der Waals surface area contributed by atoms with Crippen LogP contribution in [0.2, 0.25) is 0 Å². The molecule has 1 aromatic heterocycles. The van der Waals surface area contributed by atoms with Crippen molar-refractivity contribution in [2.75, 3.05) is 26.2 Å². The zero-order chi connectivity index (χ0) is 20.8. The van der Waals surface area contributed by atoms with Crippen molar-refractivity contribution in [3.63, 3.8) is 0 Å². The Morgan fingerprint density at radius 2 is 2.00 bits per heavy atom. The number of aromatic nitrogens is 1. The third-order valence-corrected chi connectivity index (χ3v) is 6.04. The lowest BCUT2D eigenvalue weighted by Gasteiger charge is -2.25. The van der Waals surface area contributed by atoms with E-state index in [2.05, 4.69) is 4.98 Å². The van der Waals surface area contributed by atoms with Gasteiger partial charge in [-0.3, -0.25) is 14.6 Å². The van der Waals surface area contributed by atoms with Gasteiger partial charge in [0.05, 0.1) is 6.54 Å². The summed E-state index contributed by atoms with van der Waals surface area (Å²) >= 11 is 0. The van der Waals surface area contributed by atoms with Crippen LogP contribution in [-0.4, -0.2) is 58.9 Å². The minimum absolute atomic E-state index is 0.0763. The van der Waals surface area contributed by atoms with Crippen molar-refractivity contribution in [1.82, 2.24) is 14.8 Å². The molecule has 2 fully saturated rings. The van der Waals surface area contributed by atoms with Crippen LogP contribution >= 0.6 is 0 Å². The van der Waals surface area contributed by atoms with Crippen LogP contribution in [0.25, 0.3) is 0 Å². The van der Waals surface area contributed by atoms with Crippen LogP contribution in [0.5, 0.6) is 5.75 Å². The third-order valence-electron chi connectivity index (χ3n) is 6.04. The molecule has 2 aliphatic rings. The molecule has 0 N–H and O–H groups in total. The summed E-state index contributed by atoms with van der Waals surface area (Å²) in [5, 5.41) is 0. The summed E-state index contributed by atoms with van der Waals surface area (Å²) in [5.74, 6) is 0.960. The third kappa shape index (κ3) is 4.99. The lowest BCUT2D eigenvalue weighted by molar-refractivity contribution is -0.128. The molecule has 4 rings (SSSR count). The first-order valence-corrected chi connectivity index (χ1v) is 10.9. The topological polar surface area (TPSA) is 62.7 Å². The van der Waals surface area contributed by atoms with Crippen LogP contribution in [0.15, 0.2) is 48.8 Å². The molecule has 2 aliphatic heterocycles. The first kappa shape index (κ1) is 20.4. The molecule has 2 aromatic rings. The van der Waals surface area contributed by atoms with Crippen molar-refractivity contribution in [3.05, 3.63) is 59.9 Å². The first-order valence-electron chi connectivity index (χ1n) is 10.9. The highest BCUT2D eigenvalue weighted by Gasteiger charge is 2.29. The lowest BCUT2D eigenvalue weighted by Crippen LogP contribution is -2.35. The second kappa shape index (κ2) is 9.74. The van der Waals surface area contributed by atoms with Crippen molar-refractivity contribution < 1.29 is 14.3 Å². The number of pyridine rings is 1. The molecule has 30 heavy (non-hydrogen) atoms. The Hall–Kier alpha value is -2.89. The number of benzene rings is 1. The Morgan fingerprint density at radius 1 is 1.13 bits per heavy atom. The zero-order valence-corrected chi connectivity index (χ0v) is 17.3. The SMILES string of the molecule is O=C1CCCN1CCOc1cccc(C(=O)N2CCC[C@@H]2CCc2ccncc2)c1. The van der Waals surface area contributed by atoms with Crippen LogP contribution < -0.4 is 4.74 Å². The second-order valence-corrected chi connectivity index (χ2v) is 8.05. The largest absolute Gasteiger partial charge is 0.492 e. The Labute approximate surface area is 177 Å². The average Bonchev–Trinajstić information content (AvgIpc) is 3.42. The maximum absolute atomic E-state index is 13.2. The monoisotopic (exact) mass is 407 g/mol. The number of rotatable bonds is 8. The number of carbonyl (C=O) groups is 2. The Kier molecular flexibility index (Phi) is 6.62. The Bertz CT molecular complexity index is 871. The molecule has 0 aliphatic carbocycles. The van der Waals surface area contributed by atoms with Crippen LogP contribution in [-0.2, 0) is 11.2 Å². The fourth-order valence-electron chi connectivity index (χ4n) is 4.38. The maximum atomic E-state index is 13.2. The molecule has 1 atom stereocenters. The van der Waals surface area contributed by atoms with Gasteiger partial charge in [-0.25, -0.2) is 0 Å². The standard InChI is InChI=1S/C24H29N3O3/c28-23-7-3-14-26(23)16-17-30-22-6-1-4-20(18-22)24(29)27-15-2-5-21(27)9-8-19-10-12-25-13-11-19/h1,4,6,10-13,18,21H,2-3,5,7-9,14-17H2/t21-/m1/s1. The van der Waals surface area contributed by atoms with E-state index in [1.807, 2.05) is 58.6 Å². The van der Waals surface area contributed by atoms with Gasteiger partial charge in [0.2, 0.25) is 5.91 Å². The average molecular weight is 408 g/mol. The van der Waals surface area contributed by atoms with E-state index in [1.165, 1.54) is 5.56 Å². The molecule has 2 amide bonds. The van der Waals surface area contributed by atoms with Crippen molar-refractivity contribution >= 4 is 11.8 Å². The van der Waals surface area contributed by atoms with Gasteiger partial charge in [-0.05, 0) is 68.0 Å². The second-order valence-electron chi connectivity index (χ2n) is 8.05. The van der Waals surface area contributed by atoms with Gasteiger partial charge in [0, 0.05) is 43.5 Å². The van der Waals surface area contributed by atoms with E-state index < -0.39 is 0 Å². The minimum Gasteiger partial charge on any atom is -0.492 e. The summed E-state index contributed by atoms with van der Waals surface area (Å²) in [7, 11) is 0.